The van der Waals surface area contributed by atoms with Crippen LogP contribution in [-0.4, -0.2) is 12.1 Å². The molecule has 1 aliphatic heterocycles. The van der Waals surface area contributed by atoms with Crippen LogP contribution in [0.3, 0.4) is 0 Å². The van der Waals surface area contributed by atoms with E-state index in [-0.39, 0.29) is 0 Å². The molecule has 14 heavy (non-hydrogen) atoms. The van der Waals surface area contributed by atoms with Crippen LogP contribution in [0.15, 0.2) is 0 Å². The zero-order chi connectivity index (χ0) is 10.9. The monoisotopic (exact) mass is 199 g/mol. The van der Waals surface area contributed by atoms with Crippen molar-refractivity contribution in [2.75, 3.05) is 0 Å². The van der Waals surface area contributed by atoms with E-state index in [1.807, 2.05) is 0 Å². The highest BCUT2D eigenvalue weighted by molar-refractivity contribution is 4.90. The summed E-state index contributed by atoms with van der Waals surface area (Å²) in [7, 11) is 0. The quantitative estimate of drug-likeness (QED) is 0.754. The van der Waals surface area contributed by atoms with Crippen molar-refractivity contribution >= 4 is 0 Å². The lowest BCUT2D eigenvalue weighted by Gasteiger charge is -2.29. The predicted molar refractivity (Wildman–Crippen MR) is 59.8 cm³/mol. The molecule has 0 aromatic heterocycles. The normalized spacial score (nSPS) is 33.6. The Morgan fingerprint density at radius 2 is 1.43 bits per heavy atom. The predicted octanol–water partition coefficient (Wildman–Crippen LogP) is 2.84. The van der Waals surface area contributed by atoms with Crippen LogP contribution in [0.2, 0.25) is 0 Å². The Morgan fingerprint density at radius 3 is 1.79 bits per heavy atom. The van der Waals surface area contributed by atoms with Crippen LogP contribution >= 0.6 is 0 Å². The summed E-state index contributed by atoms with van der Waals surface area (Å²) in [5.41, 5.74) is 3.22. The van der Waals surface area contributed by atoms with Gasteiger partial charge < -0.3 is 0 Å². The summed E-state index contributed by atoms with van der Waals surface area (Å²) in [5, 5.41) is 0. The molecule has 0 saturated carbocycles. The molecule has 0 bridgehead atoms. The maximum absolute atomic E-state index is 5.71. The molecule has 2 nitrogen and oxygen atoms in total. The molecule has 0 aliphatic carbocycles. The minimum Gasteiger partial charge on any atom is -0.298 e. The van der Waals surface area contributed by atoms with Crippen molar-refractivity contribution in [3.05, 3.63) is 0 Å². The van der Waals surface area contributed by atoms with Crippen molar-refractivity contribution in [2.24, 2.45) is 23.7 Å². The van der Waals surface area contributed by atoms with Crippen molar-refractivity contribution < 1.29 is 4.84 Å². The number of hydrogen-bond acceptors (Lipinski definition) is 2. The lowest BCUT2D eigenvalue weighted by Crippen LogP contribution is -2.37. The van der Waals surface area contributed by atoms with Gasteiger partial charge in [-0.25, -0.2) is 0 Å². The van der Waals surface area contributed by atoms with Crippen LogP contribution in [0.4, 0.5) is 0 Å². The second kappa shape index (κ2) is 4.63. The molecule has 1 aliphatic rings. The largest absolute Gasteiger partial charge is 0.298 e. The Morgan fingerprint density at radius 1 is 0.857 bits per heavy atom. The first-order chi connectivity index (χ1) is 6.45. The Hall–Kier alpha value is -0.0800. The van der Waals surface area contributed by atoms with Gasteiger partial charge in [0.15, 0.2) is 0 Å². The molecule has 84 valence electrons. The summed E-state index contributed by atoms with van der Waals surface area (Å²) in [6, 6.07) is 0.516. The van der Waals surface area contributed by atoms with Gasteiger partial charge >= 0.3 is 0 Å². The van der Waals surface area contributed by atoms with E-state index in [0.29, 0.717) is 35.8 Å². The fraction of sp³-hybridized carbons (Fsp3) is 1.00. The highest BCUT2D eigenvalue weighted by Crippen LogP contribution is 2.34. The second-order valence-electron chi connectivity index (χ2n) is 5.54. The van der Waals surface area contributed by atoms with Crippen LogP contribution in [0.1, 0.15) is 41.5 Å². The van der Waals surface area contributed by atoms with Gasteiger partial charge in [-0.1, -0.05) is 41.5 Å². The van der Waals surface area contributed by atoms with Gasteiger partial charge in [0, 0.05) is 12.0 Å². The molecule has 0 spiro atoms. The Bertz CT molecular complexity index is 161. The van der Waals surface area contributed by atoms with Gasteiger partial charge in [-0.15, -0.1) is 0 Å². The first-order valence-electron chi connectivity index (χ1n) is 5.86. The van der Waals surface area contributed by atoms with E-state index in [0.717, 1.165) is 0 Å². The van der Waals surface area contributed by atoms with E-state index in [4.69, 9.17) is 4.84 Å². The van der Waals surface area contributed by atoms with E-state index in [1.165, 1.54) is 0 Å². The van der Waals surface area contributed by atoms with E-state index in [1.54, 1.807) is 0 Å². The highest BCUT2D eigenvalue weighted by atomic mass is 16.7. The molecular weight excluding hydrogens is 174 g/mol. The summed E-state index contributed by atoms with van der Waals surface area (Å²) in [6.45, 7) is 13.6. The number of hydroxylamine groups is 1. The first-order valence-corrected chi connectivity index (χ1v) is 5.86. The fourth-order valence-electron chi connectivity index (χ4n) is 2.47. The van der Waals surface area contributed by atoms with Crippen LogP contribution in [0.5, 0.6) is 0 Å². The summed E-state index contributed by atoms with van der Waals surface area (Å²) < 4.78 is 0. The molecule has 3 atom stereocenters. The van der Waals surface area contributed by atoms with E-state index < -0.39 is 0 Å². The molecule has 3 unspecified atom stereocenters. The number of nitrogens with one attached hydrogen (secondary N) is 1. The smallest absolute Gasteiger partial charge is 0.0859 e. The third-order valence-electron chi connectivity index (χ3n) is 3.28. The van der Waals surface area contributed by atoms with Gasteiger partial charge in [0.1, 0.15) is 0 Å². The molecular formula is C12H25NO. The van der Waals surface area contributed by atoms with Crippen molar-refractivity contribution in [3.8, 4) is 0 Å². The summed E-state index contributed by atoms with van der Waals surface area (Å²) in [4.78, 5) is 5.71. The summed E-state index contributed by atoms with van der Waals surface area (Å²) in [6.07, 6.45) is 0.377. The Labute approximate surface area is 88.4 Å². The van der Waals surface area contributed by atoms with Gasteiger partial charge in [0.05, 0.1) is 6.10 Å². The summed E-state index contributed by atoms with van der Waals surface area (Å²) in [5.74, 6) is 2.57. The van der Waals surface area contributed by atoms with Crippen molar-refractivity contribution in [1.29, 1.82) is 0 Å². The second-order valence-corrected chi connectivity index (χ2v) is 5.54. The molecule has 0 amide bonds. The third-order valence-corrected chi connectivity index (χ3v) is 3.28. The average Bonchev–Trinajstić information content (AvgIpc) is 2.46. The lowest BCUT2D eigenvalue weighted by molar-refractivity contribution is -0.0126. The highest BCUT2D eigenvalue weighted by Gasteiger charge is 2.41. The molecule has 1 fully saturated rings. The maximum Gasteiger partial charge on any atom is 0.0859 e. The Balaban J connectivity index is 2.74. The van der Waals surface area contributed by atoms with E-state index in [2.05, 4.69) is 47.0 Å². The molecule has 0 aromatic carbocycles. The van der Waals surface area contributed by atoms with Gasteiger partial charge in [0.25, 0.3) is 0 Å². The summed E-state index contributed by atoms with van der Waals surface area (Å²) >= 11 is 0. The maximum atomic E-state index is 5.71. The van der Waals surface area contributed by atoms with E-state index in [9.17, 15) is 0 Å². The Kier molecular flexibility index (Phi) is 3.96. The fourth-order valence-corrected chi connectivity index (χ4v) is 2.47. The SMILES string of the molecule is CC(C)C1NOC(C(C)C)C1C(C)C. The van der Waals surface area contributed by atoms with Gasteiger partial charge in [0.2, 0.25) is 0 Å². The van der Waals surface area contributed by atoms with Crippen LogP contribution in [0.25, 0.3) is 0 Å². The average molecular weight is 199 g/mol. The molecule has 1 rings (SSSR count). The molecule has 0 radical (unpaired) electrons. The zero-order valence-electron chi connectivity index (χ0n) is 10.4. The molecule has 2 heteroatoms. The van der Waals surface area contributed by atoms with Gasteiger partial charge in [-0.2, -0.15) is 5.48 Å². The molecule has 1 N–H and O–H groups in total. The number of hydrogen-bond donors (Lipinski definition) is 1. The topological polar surface area (TPSA) is 21.3 Å². The van der Waals surface area contributed by atoms with Crippen LogP contribution in [-0.2, 0) is 4.84 Å². The van der Waals surface area contributed by atoms with Crippen molar-refractivity contribution in [3.63, 3.8) is 0 Å². The van der Waals surface area contributed by atoms with Gasteiger partial charge in [-0.3, -0.25) is 4.84 Å². The molecule has 1 heterocycles. The van der Waals surface area contributed by atoms with Crippen LogP contribution < -0.4 is 5.48 Å². The van der Waals surface area contributed by atoms with Gasteiger partial charge in [-0.05, 0) is 17.8 Å². The van der Waals surface area contributed by atoms with E-state index >= 15 is 0 Å². The third kappa shape index (κ3) is 2.29. The molecule has 0 aromatic rings. The minimum absolute atomic E-state index is 0.377. The number of rotatable bonds is 3. The van der Waals surface area contributed by atoms with Crippen LogP contribution in [0, 0.1) is 23.7 Å². The van der Waals surface area contributed by atoms with Crippen molar-refractivity contribution in [2.45, 2.75) is 53.7 Å². The lowest BCUT2D eigenvalue weighted by atomic mass is 9.77. The first kappa shape index (κ1) is 12.0. The standard InChI is InChI=1S/C12H25NO/c1-7(2)10-11(8(3)4)13-14-12(10)9(5)6/h7-13H,1-6H3. The molecule has 1 saturated heterocycles. The van der Waals surface area contributed by atoms with Crippen molar-refractivity contribution in [1.82, 2.24) is 5.48 Å². The minimum atomic E-state index is 0.377. The zero-order valence-corrected chi connectivity index (χ0v) is 10.4.